The molecule has 1 aromatic carbocycles. The summed E-state index contributed by atoms with van der Waals surface area (Å²) in [5.41, 5.74) is 1.02. The van der Waals surface area contributed by atoms with Gasteiger partial charge >= 0.3 is 0 Å². The van der Waals surface area contributed by atoms with E-state index in [1.807, 2.05) is 37.1 Å². The highest BCUT2D eigenvalue weighted by molar-refractivity contribution is 7.18. The second-order valence-corrected chi connectivity index (χ2v) is 9.69. The number of rotatable bonds is 6. The quantitative estimate of drug-likeness (QED) is 0.699. The van der Waals surface area contributed by atoms with E-state index in [1.54, 1.807) is 11.3 Å². The minimum Gasteiger partial charge on any atom is -0.375 e. The molecule has 2 fully saturated rings. The summed E-state index contributed by atoms with van der Waals surface area (Å²) in [5, 5.41) is 0.994. The van der Waals surface area contributed by atoms with Gasteiger partial charge in [0.2, 0.25) is 5.91 Å². The average molecular weight is 416 g/mol. The van der Waals surface area contributed by atoms with E-state index in [9.17, 15) is 4.79 Å². The molecular weight excluding hydrogens is 382 g/mol. The number of para-hydroxylation sites is 1. The van der Waals surface area contributed by atoms with Gasteiger partial charge in [-0.15, -0.1) is 11.3 Å². The molecule has 5 nitrogen and oxygen atoms in total. The topological polar surface area (TPSA) is 45.7 Å². The summed E-state index contributed by atoms with van der Waals surface area (Å²) >= 11 is 1.67. The van der Waals surface area contributed by atoms with Gasteiger partial charge in [-0.2, -0.15) is 0 Å². The number of aromatic nitrogens is 1. The molecule has 0 bridgehead atoms. The first-order chi connectivity index (χ1) is 14.1. The number of likely N-dealkylation sites (N-methyl/N-ethyl adjacent to an activating group) is 1. The van der Waals surface area contributed by atoms with Gasteiger partial charge in [-0.25, -0.2) is 4.98 Å². The first kappa shape index (κ1) is 20.8. The lowest BCUT2D eigenvalue weighted by atomic mass is 9.97. The Morgan fingerprint density at radius 3 is 2.59 bits per heavy atom. The van der Waals surface area contributed by atoms with Gasteiger partial charge in [0, 0.05) is 20.1 Å². The lowest BCUT2D eigenvalue weighted by Gasteiger charge is -2.38. The highest BCUT2D eigenvalue weighted by atomic mass is 32.1. The maximum absolute atomic E-state index is 13.0. The van der Waals surface area contributed by atoms with Crippen LogP contribution >= 0.6 is 11.3 Å². The molecule has 1 saturated carbocycles. The molecule has 1 aromatic heterocycles. The maximum atomic E-state index is 13.0. The van der Waals surface area contributed by atoms with Crippen molar-refractivity contribution in [2.75, 3.05) is 20.1 Å². The van der Waals surface area contributed by atoms with Crippen LogP contribution in [-0.4, -0.2) is 59.1 Å². The molecule has 29 heavy (non-hydrogen) atoms. The van der Waals surface area contributed by atoms with Crippen LogP contribution in [0, 0.1) is 0 Å². The fourth-order valence-electron chi connectivity index (χ4n) is 4.62. The molecule has 158 valence electrons. The Morgan fingerprint density at radius 2 is 1.86 bits per heavy atom. The zero-order chi connectivity index (χ0) is 20.2. The van der Waals surface area contributed by atoms with Crippen LogP contribution in [0.2, 0.25) is 0 Å². The van der Waals surface area contributed by atoms with Crippen LogP contribution < -0.4 is 0 Å². The number of hydrogen-bond acceptors (Lipinski definition) is 5. The predicted octanol–water partition coefficient (Wildman–Crippen LogP) is 4.46. The largest absolute Gasteiger partial charge is 0.375 e. The first-order valence-electron chi connectivity index (χ1n) is 11.1. The first-order valence-corrected chi connectivity index (χ1v) is 11.9. The normalized spacial score (nSPS) is 20.8. The van der Waals surface area contributed by atoms with Gasteiger partial charge in [0.05, 0.1) is 35.0 Å². The van der Waals surface area contributed by atoms with E-state index < -0.39 is 0 Å². The average Bonchev–Trinajstić information content (AvgIpc) is 3.16. The third kappa shape index (κ3) is 5.16. The fraction of sp³-hybridized carbons (Fsp3) is 0.652. The van der Waals surface area contributed by atoms with Crippen molar-refractivity contribution in [2.45, 2.75) is 76.7 Å². The van der Waals surface area contributed by atoms with E-state index in [0.29, 0.717) is 18.8 Å². The standard InChI is InChI=1S/C23H33N3O2S/c1-17(26-14-12-19(13-15-26)28-18-8-4-3-5-9-18)23(27)25(2)16-22-24-20-10-6-7-11-21(20)29-22/h6-7,10-11,17-19H,3-5,8-9,12-16H2,1-2H3. The number of benzene rings is 1. The number of amides is 1. The molecule has 1 aliphatic carbocycles. The molecule has 1 atom stereocenters. The van der Waals surface area contributed by atoms with Crippen molar-refractivity contribution >= 4 is 27.5 Å². The molecule has 1 amide bonds. The molecule has 1 saturated heterocycles. The predicted molar refractivity (Wildman–Crippen MR) is 118 cm³/mol. The zero-order valence-corrected chi connectivity index (χ0v) is 18.5. The second-order valence-electron chi connectivity index (χ2n) is 8.58. The SMILES string of the molecule is CC(C(=O)N(C)Cc1nc2ccccc2s1)N1CCC(OC2CCCCC2)CC1. The van der Waals surface area contributed by atoms with Crippen LogP contribution in [0.15, 0.2) is 24.3 Å². The smallest absolute Gasteiger partial charge is 0.239 e. The Hall–Kier alpha value is -1.50. The van der Waals surface area contributed by atoms with Gasteiger partial charge in [-0.3, -0.25) is 9.69 Å². The van der Waals surface area contributed by atoms with E-state index in [2.05, 4.69) is 16.0 Å². The van der Waals surface area contributed by atoms with Crippen molar-refractivity contribution in [1.29, 1.82) is 0 Å². The minimum absolute atomic E-state index is 0.0926. The van der Waals surface area contributed by atoms with Crippen LogP contribution in [0.5, 0.6) is 0 Å². The van der Waals surface area contributed by atoms with Crippen molar-refractivity contribution in [1.82, 2.24) is 14.8 Å². The van der Waals surface area contributed by atoms with E-state index >= 15 is 0 Å². The molecule has 2 heterocycles. The number of hydrogen-bond donors (Lipinski definition) is 0. The van der Waals surface area contributed by atoms with Gasteiger partial charge in [0.25, 0.3) is 0 Å². The van der Waals surface area contributed by atoms with Crippen LogP contribution in [0.4, 0.5) is 0 Å². The summed E-state index contributed by atoms with van der Waals surface area (Å²) in [6.07, 6.45) is 9.37. The molecule has 1 unspecified atom stereocenters. The number of ether oxygens (including phenoxy) is 1. The maximum Gasteiger partial charge on any atom is 0.239 e. The van der Waals surface area contributed by atoms with Crippen LogP contribution in [0.1, 0.15) is 56.9 Å². The van der Waals surface area contributed by atoms with Crippen LogP contribution in [0.25, 0.3) is 10.2 Å². The Labute approximate surface area is 178 Å². The lowest BCUT2D eigenvalue weighted by molar-refractivity contribution is -0.137. The number of carbonyl (C=O) groups is 1. The van der Waals surface area contributed by atoms with Gasteiger partial charge in [0.15, 0.2) is 0 Å². The van der Waals surface area contributed by atoms with Crippen molar-refractivity contribution < 1.29 is 9.53 Å². The summed E-state index contributed by atoms with van der Waals surface area (Å²) in [6.45, 7) is 4.50. The molecule has 0 N–H and O–H groups in total. The fourth-order valence-corrected chi connectivity index (χ4v) is 5.64. The van der Waals surface area contributed by atoms with Crippen molar-refractivity contribution in [3.8, 4) is 0 Å². The Balaban J connectivity index is 1.26. The summed E-state index contributed by atoms with van der Waals surface area (Å²) in [5.74, 6) is 0.177. The third-order valence-corrected chi connectivity index (χ3v) is 7.43. The minimum atomic E-state index is -0.0926. The summed E-state index contributed by atoms with van der Waals surface area (Å²) in [6, 6.07) is 8.05. The molecule has 0 radical (unpaired) electrons. The molecule has 0 spiro atoms. The monoisotopic (exact) mass is 415 g/mol. The zero-order valence-electron chi connectivity index (χ0n) is 17.7. The van der Waals surface area contributed by atoms with E-state index in [-0.39, 0.29) is 11.9 Å². The number of fused-ring (bicyclic) bond motifs is 1. The molecule has 1 aliphatic heterocycles. The summed E-state index contributed by atoms with van der Waals surface area (Å²) in [7, 11) is 1.89. The van der Waals surface area contributed by atoms with Crippen molar-refractivity contribution in [3.05, 3.63) is 29.3 Å². The highest BCUT2D eigenvalue weighted by Gasteiger charge is 2.30. The second kappa shape index (κ2) is 9.54. The Morgan fingerprint density at radius 1 is 1.17 bits per heavy atom. The summed E-state index contributed by atoms with van der Waals surface area (Å²) < 4.78 is 7.52. The molecule has 6 heteroatoms. The van der Waals surface area contributed by atoms with Gasteiger partial charge in [0.1, 0.15) is 5.01 Å². The Bertz CT molecular complexity index is 776. The molecular formula is C23H33N3O2S. The third-order valence-electron chi connectivity index (χ3n) is 6.41. The van der Waals surface area contributed by atoms with Crippen molar-refractivity contribution in [3.63, 3.8) is 0 Å². The van der Waals surface area contributed by atoms with Gasteiger partial charge in [-0.05, 0) is 44.7 Å². The van der Waals surface area contributed by atoms with Gasteiger partial charge in [-0.1, -0.05) is 31.4 Å². The number of likely N-dealkylation sites (tertiary alicyclic amines) is 1. The number of thiazole rings is 1. The summed E-state index contributed by atoms with van der Waals surface area (Å²) in [4.78, 5) is 21.8. The number of piperidine rings is 1. The van der Waals surface area contributed by atoms with E-state index in [4.69, 9.17) is 4.74 Å². The molecule has 2 aromatic rings. The van der Waals surface area contributed by atoms with Gasteiger partial charge < -0.3 is 9.64 Å². The van der Waals surface area contributed by atoms with E-state index in [0.717, 1.165) is 36.5 Å². The Kier molecular flexibility index (Phi) is 6.83. The lowest BCUT2D eigenvalue weighted by Crippen LogP contribution is -2.49. The molecule has 4 rings (SSSR count). The number of carbonyl (C=O) groups excluding carboxylic acids is 1. The van der Waals surface area contributed by atoms with E-state index in [1.165, 1.54) is 36.8 Å². The van der Waals surface area contributed by atoms with Crippen molar-refractivity contribution in [2.24, 2.45) is 0 Å². The highest BCUT2D eigenvalue weighted by Crippen LogP contribution is 2.26. The number of nitrogens with zero attached hydrogens (tertiary/aromatic N) is 3. The van der Waals surface area contributed by atoms with Crippen LogP contribution in [0.3, 0.4) is 0 Å². The molecule has 2 aliphatic rings. The van der Waals surface area contributed by atoms with Crippen LogP contribution in [-0.2, 0) is 16.1 Å².